The van der Waals surface area contributed by atoms with Crippen molar-refractivity contribution in [1.82, 2.24) is 5.32 Å². The van der Waals surface area contributed by atoms with Crippen molar-refractivity contribution in [3.8, 4) is 23.0 Å². The van der Waals surface area contributed by atoms with Gasteiger partial charge in [0, 0.05) is 12.6 Å². The number of aryl methyl sites for hydroxylation is 1. The Morgan fingerprint density at radius 2 is 1.35 bits per heavy atom. The number of carbonyl (C=O) groups is 2. The fourth-order valence-corrected chi connectivity index (χ4v) is 6.11. The van der Waals surface area contributed by atoms with Crippen LogP contribution in [0.5, 0.6) is 23.0 Å². The molecule has 11 nitrogen and oxygen atoms in total. The lowest BCUT2D eigenvalue weighted by molar-refractivity contribution is -0.114. The lowest BCUT2D eigenvalue weighted by Crippen LogP contribution is -2.38. The summed E-state index contributed by atoms with van der Waals surface area (Å²) < 4.78 is 50.0. The van der Waals surface area contributed by atoms with Crippen molar-refractivity contribution in [3.05, 3.63) is 102 Å². The predicted molar refractivity (Wildman–Crippen MR) is 176 cm³/mol. The van der Waals surface area contributed by atoms with E-state index in [0.717, 1.165) is 15.4 Å². The maximum atomic E-state index is 13.9. The lowest BCUT2D eigenvalue weighted by atomic mass is 10.1. The van der Waals surface area contributed by atoms with Gasteiger partial charge in [-0.05, 0) is 67.4 Å². The summed E-state index contributed by atoms with van der Waals surface area (Å²) in [4.78, 5) is 26.6. The molecule has 4 rings (SSSR count). The third-order valence-corrected chi connectivity index (χ3v) is 8.93. The summed E-state index contributed by atoms with van der Waals surface area (Å²) in [6.45, 7) is 1.58. The van der Waals surface area contributed by atoms with Gasteiger partial charge in [0.2, 0.25) is 5.91 Å². The van der Waals surface area contributed by atoms with Gasteiger partial charge in [0.1, 0.15) is 6.54 Å². The number of nitrogens with zero attached hydrogens (tertiary/aromatic N) is 1. The quantitative estimate of drug-likeness (QED) is 0.199. The van der Waals surface area contributed by atoms with Crippen LogP contribution in [0.2, 0.25) is 0 Å². The van der Waals surface area contributed by atoms with Crippen molar-refractivity contribution in [3.63, 3.8) is 0 Å². The summed E-state index contributed by atoms with van der Waals surface area (Å²) in [7, 11) is 1.82. The molecule has 4 aromatic rings. The second kappa shape index (κ2) is 15.2. The Morgan fingerprint density at radius 1 is 0.739 bits per heavy atom. The van der Waals surface area contributed by atoms with Crippen LogP contribution in [0.1, 0.15) is 21.5 Å². The van der Waals surface area contributed by atoms with E-state index in [-0.39, 0.29) is 21.8 Å². The first kappa shape index (κ1) is 33.7. The fourth-order valence-electron chi connectivity index (χ4n) is 4.69. The summed E-state index contributed by atoms with van der Waals surface area (Å²) in [5, 5.41) is 5.59. The highest BCUT2D eigenvalue weighted by atomic mass is 32.2. The molecule has 0 saturated carbocycles. The number of anilines is 2. The van der Waals surface area contributed by atoms with Gasteiger partial charge in [-0.25, -0.2) is 8.42 Å². The van der Waals surface area contributed by atoms with Crippen LogP contribution in [-0.2, 0) is 21.2 Å². The topological polar surface area (TPSA) is 132 Å². The molecule has 0 unspecified atom stereocenters. The van der Waals surface area contributed by atoms with Crippen LogP contribution in [0.15, 0.2) is 89.8 Å². The Hall–Kier alpha value is -5.23. The summed E-state index contributed by atoms with van der Waals surface area (Å²) in [6, 6.07) is 22.9. The van der Waals surface area contributed by atoms with Crippen molar-refractivity contribution in [2.45, 2.75) is 18.2 Å². The van der Waals surface area contributed by atoms with Gasteiger partial charge in [0.05, 0.1) is 50.3 Å². The standard InChI is InChI=1S/C34H37N3O8S/c1-23-10-14-26(15-11-23)46(40,41)37(25-13-17-30(43-3)32(21-25)45-5)22-33(38)36-28-9-7-6-8-27(28)34(39)35-19-18-24-12-16-29(42-2)31(20-24)44-4/h6-17,20-21H,18-19,22H2,1-5H3,(H,35,39)(H,36,38). The van der Waals surface area contributed by atoms with E-state index < -0.39 is 28.4 Å². The number of methoxy groups -OCH3 is 4. The van der Waals surface area contributed by atoms with Gasteiger partial charge < -0.3 is 29.6 Å². The van der Waals surface area contributed by atoms with E-state index in [1.54, 1.807) is 62.8 Å². The molecule has 0 saturated heterocycles. The number of rotatable bonds is 14. The zero-order chi connectivity index (χ0) is 33.3. The molecular formula is C34H37N3O8S. The Bertz CT molecular complexity index is 1790. The zero-order valence-electron chi connectivity index (χ0n) is 26.3. The van der Waals surface area contributed by atoms with Gasteiger partial charge in [-0.1, -0.05) is 35.9 Å². The highest BCUT2D eigenvalue weighted by Gasteiger charge is 2.28. The van der Waals surface area contributed by atoms with Crippen LogP contribution in [-0.4, -0.2) is 61.8 Å². The summed E-state index contributed by atoms with van der Waals surface area (Å²) in [6.07, 6.45) is 0.526. The van der Waals surface area contributed by atoms with Crippen LogP contribution >= 0.6 is 0 Å². The largest absolute Gasteiger partial charge is 0.493 e. The van der Waals surface area contributed by atoms with Crippen LogP contribution < -0.4 is 33.9 Å². The van der Waals surface area contributed by atoms with E-state index in [1.807, 2.05) is 19.1 Å². The molecule has 0 aliphatic carbocycles. The number of hydrogen-bond acceptors (Lipinski definition) is 8. The van der Waals surface area contributed by atoms with E-state index in [2.05, 4.69) is 10.6 Å². The predicted octanol–water partition coefficient (Wildman–Crippen LogP) is 4.84. The van der Waals surface area contributed by atoms with Gasteiger partial charge in [0.15, 0.2) is 23.0 Å². The van der Waals surface area contributed by atoms with Gasteiger partial charge in [-0.2, -0.15) is 0 Å². The maximum Gasteiger partial charge on any atom is 0.264 e. The molecule has 12 heteroatoms. The molecule has 0 aliphatic heterocycles. The van der Waals surface area contributed by atoms with E-state index in [0.29, 0.717) is 36.0 Å². The minimum absolute atomic E-state index is 0.00921. The first-order valence-electron chi connectivity index (χ1n) is 14.3. The normalized spacial score (nSPS) is 10.9. The van der Waals surface area contributed by atoms with Crippen LogP contribution in [0.4, 0.5) is 11.4 Å². The van der Waals surface area contributed by atoms with Crippen molar-refractivity contribution in [2.75, 3.05) is 51.2 Å². The molecule has 0 fully saturated rings. The van der Waals surface area contributed by atoms with Crippen molar-refractivity contribution in [2.24, 2.45) is 0 Å². The number of carbonyl (C=O) groups excluding carboxylic acids is 2. The Balaban J connectivity index is 1.53. The Kier molecular flexibility index (Phi) is 11.1. The molecule has 0 aliphatic rings. The van der Waals surface area contributed by atoms with Gasteiger partial charge >= 0.3 is 0 Å². The molecular weight excluding hydrogens is 610 g/mol. The van der Waals surface area contributed by atoms with Gasteiger partial charge in [-0.15, -0.1) is 0 Å². The number of ether oxygens (including phenoxy) is 4. The molecule has 0 bridgehead atoms. The Labute approximate surface area is 269 Å². The number of nitrogens with one attached hydrogen (secondary N) is 2. The zero-order valence-corrected chi connectivity index (χ0v) is 27.1. The Morgan fingerprint density at radius 3 is 2.00 bits per heavy atom. The molecule has 0 radical (unpaired) electrons. The lowest BCUT2D eigenvalue weighted by Gasteiger charge is -2.25. The molecule has 2 amide bonds. The van der Waals surface area contributed by atoms with Gasteiger partial charge in [0.25, 0.3) is 15.9 Å². The number of para-hydroxylation sites is 1. The first-order valence-corrected chi connectivity index (χ1v) is 15.7. The maximum absolute atomic E-state index is 13.9. The van der Waals surface area contributed by atoms with E-state index in [1.165, 1.54) is 38.5 Å². The van der Waals surface area contributed by atoms with Crippen LogP contribution in [0.25, 0.3) is 0 Å². The highest BCUT2D eigenvalue weighted by Crippen LogP contribution is 2.34. The summed E-state index contributed by atoms with van der Waals surface area (Å²) >= 11 is 0. The third kappa shape index (κ3) is 7.88. The molecule has 46 heavy (non-hydrogen) atoms. The average Bonchev–Trinajstić information content (AvgIpc) is 3.07. The molecule has 2 N–H and O–H groups in total. The fraction of sp³-hybridized carbons (Fsp3) is 0.235. The average molecular weight is 648 g/mol. The van der Waals surface area contributed by atoms with Crippen molar-refractivity contribution >= 4 is 33.2 Å². The minimum atomic E-state index is -4.20. The minimum Gasteiger partial charge on any atom is -0.493 e. The number of hydrogen-bond donors (Lipinski definition) is 2. The molecule has 0 atom stereocenters. The third-order valence-electron chi connectivity index (χ3n) is 7.14. The number of amides is 2. The molecule has 0 spiro atoms. The second-order valence-corrected chi connectivity index (χ2v) is 12.0. The highest BCUT2D eigenvalue weighted by molar-refractivity contribution is 7.92. The van der Waals surface area contributed by atoms with E-state index in [9.17, 15) is 18.0 Å². The SMILES string of the molecule is COc1ccc(CCNC(=O)c2ccccc2NC(=O)CN(c2ccc(OC)c(OC)c2)S(=O)(=O)c2ccc(C)cc2)cc1OC. The van der Waals surface area contributed by atoms with Crippen molar-refractivity contribution < 1.29 is 37.0 Å². The summed E-state index contributed by atoms with van der Waals surface area (Å²) in [5.41, 5.74) is 2.46. The van der Waals surface area contributed by atoms with Crippen LogP contribution in [0, 0.1) is 6.92 Å². The van der Waals surface area contributed by atoms with E-state index in [4.69, 9.17) is 18.9 Å². The van der Waals surface area contributed by atoms with Gasteiger partial charge in [-0.3, -0.25) is 13.9 Å². The number of sulfonamides is 1. The van der Waals surface area contributed by atoms with Crippen molar-refractivity contribution in [1.29, 1.82) is 0 Å². The second-order valence-electron chi connectivity index (χ2n) is 10.2. The molecule has 0 aromatic heterocycles. The van der Waals surface area contributed by atoms with E-state index >= 15 is 0 Å². The molecule has 0 heterocycles. The molecule has 242 valence electrons. The monoisotopic (exact) mass is 647 g/mol. The smallest absolute Gasteiger partial charge is 0.264 e. The first-order chi connectivity index (χ1) is 22.1. The summed E-state index contributed by atoms with van der Waals surface area (Å²) in [5.74, 6) is 0.827. The molecule has 4 aromatic carbocycles. The van der Waals surface area contributed by atoms with Crippen LogP contribution in [0.3, 0.4) is 0 Å². The number of benzene rings is 4.